The smallest absolute Gasteiger partial charge is 0.276 e. The first-order valence-corrected chi connectivity index (χ1v) is 8.17. The highest BCUT2D eigenvalue weighted by atomic mass is 79.9. The number of hydrogen-bond acceptors (Lipinski definition) is 4. The van der Waals surface area contributed by atoms with Gasteiger partial charge in [0, 0.05) is 11.0 Å². The topological polar surface area (TPSA) is 61.8 Å². The van der Waals surface area contributed by atoms with E-state index in [-0.39, 0.29) is 11.7 Å². The largest absolute Gasteiger partial charge is 0.504 e. The van der Waals surface area contributed by atoms with Crippen molar-refractivity contribution in [1.82, 2.24) is 10.2 Å². The van der Waals surface area contributed by atoms with Gasteiger partial charge in [-0.25, -0.2) is 0 Å². The van der Waals surface area contributed by atoms with E-state index in [0.717, 1.165) is 12.0 Å². The van der Waals surface area contributed by atoms with Crippen molar-refractivity contribution >= 4 is 45.2 Å². The molecule has 0 saturated carbocycles. The molecule has 2 N–H and O–H groups in total. The van der Waals surface area contributed by atoms with Gasteiger partial charge in [-0.1, -0.05) is 22.9 Å². The van der Waals surface area contributed by atoms with Crippen LogP contribution in [0.1, 0.15) is 25.8 Å². The van der Waals surface area contributed by atoms with E-state index in [1.165, 1.54) is 0 Å². The molecule has 0 bridgehead atoms. The van der Waals surface area contributed by atoms with Gasteiger partial charge in [-0.05, 0) is 49.3 Å². The molecule has 1 fully saturated rings. The average Bonchev–Trinajstić information content (AvgIpc) is 2.72. The molecule has 1 heterocycles. The van der Waals surface area contributed by atoms with Gasteiger partial charge in [0.05, 0.1) is 6.61 Å². The number of nitrogens with zero attached hydrogens (tertiary/aromatic N) is 1. The lowest BCUT2D eigenvalue weighted by Gasteiger charge is -2.11. The minimum Gasteiger partial charge on any atom is -0.504 e. The van der Waals surface area contributed by atoms with Crippen molar-refractivity contribution < 1.29 is 14.6 Å². The molecule has 1 aliphatic rings. The number of halogens is 1. The van der Waals surface area contributed by atoms with Crippen LogP contribution in [0.5, 0.6) is 11.5 Å². The quantitative estimate of drug-likeness (QED) is 0.603. The minimum atomic E-state index is -0.148. The first kappa shape index (κ1) is 16.8. The van der Waals surface area contributed by atoms with E-state index in [1.54, 1.807) is 23.1 Å². The lowest BCUT2D eigenvalue weighted by molar-refractivity contribution is -0.122. The predicted molar refractivity (Wildman–Crippen MR) is 92.7 cm³/mol. The fraction of sp³-hybridized carbons (Fsp3) is 0.333. The molecule has 0 spiro atoms. The number of phenolic OH excluding ortho intramolecular Hbond substituents is 1. The van der Waals surface area contributed by atoms with Crippen LogP contribution in [-0.2, 0) is 4.79 Å². The van der Waals surface area contributed by atoms with Crippen LogP contribution in [0.4, 0.5) is 0 Å². The van der Waals surface area contributed by atoms with Gasteiger partial charge in [-0.15, -0.1) is 0 Å². The van der Waals surface area contributed by atoms with Crippen molar-refractivity contribution in [3.8, 4) is 11.5 Å². The molecule has 0 atom stereocenters. The van der Waals surface area contributed by atoms with Gasteiger partial charge in [0.1, 0.15) is 5.70 Å². The van der Waals surface area contributed by atoms with Crippen molar-refractivity contribution in [2.45, 2.75) is 20.3 Å². The van der Waals surface area contributed by atoms with E-state index in [2.05, 4.69) is 21.2 Å². The average molecular weight is 385 g/mol. The molecule has 1 saturated heterocycles. The Labute approximate surface area is 143 Å². The van der Waals surface area contributed by atoms with Gasteiger partial charge >= 0.3 is 0 Å². The van der Waals surface area contributed by atoms with E-state index in [1.807, 2.05) is 13.8 Å². The number of amides is 1. The van der Waals surface area contributed by atoms with Crippen molar-refractivity contribution in [3.63, 3.8) is 0 Å². The maximum Gasteiger partial charge on any atom is 0.276 e. The number of ether oxygens (including phenoxy) is 1. The highest BCUT2D eigenvalue weighted by Gasteiger charge is 2.29. The summed E-state index contributed by atoms with van der Waals surface area (Å²) >= 11 is 8.55. The fourth-order valence-electron chi connectivity index (χ4n) is 2.09. The SMILES string of the molecule is CCCN1C(=O)C(=Cc2cc(OCC)c(O)cc2Br)NC1=S. The first-order chi connectivity index (χ1) is 10.5. The van der Waals surface area contributed by atoms with Gasteiger partial charge in [0.2, 0.25) is 0 Å². The third-order valence-electron chi connectivity index (χ3n) is 3.09. The van der Waals surface area contributed by atoms with Crippen LogP contribution in [0.25, 0.3) is 6.08 Å². The number of phenols is 1. The molecule has 22 heavy (non-hydrogen) atoms. The number of benzene rings is 1. The Morgan fingerprint density at radius 3 is 2.82 bits per heavy atom. The zero-order valence-corrected chi connectivity index (χ0v) is 14.8. The highest BCUT2D eigenvalue weighted by Crippen LogP contribution is 2.34. The third-order valence-corrected chi connectivity index (χ3v) is 4.10. The monoisotopic (exact) mass is 384 g/mol. The molecule has 1 aromatic carbocycles. The Balaban J connectivity index is 2.35. The summed E-state index contributed by atoms with van der Waals surface area (Å²) in [5.41, 5.74) is 1.13. The Morgan fingerprint density at radius 1 is 1.45 bits per heavy atom. The van der Waals surface area contributed by atoms with Crippen LogP contribution in [0, 0.1) is 0 Å². The van der Waals surface area contributed by atoms with Crippen molar-refractivity contribution in [2.75, 3.05) is 13.2 Å². The van der Waals surface area contributed by atoms with Crippen LogP contribution in [0.15, 0.2) is 22.3 Å². The van der Waals surface area contributed by atoms with E-state index in [4.69, 9.17) is 17.0 Å². The molecule has 5 nitrogen and oxygen atoms in total. The van der Waals surface area contributed by atoms with Crippen LogP contribution >= 0.6 is 28.1 Å². The van der Waals surface area contributed by atoms with Gasteiger partial charge in [0.15, 0.2) is 16.6 Å². The summed E-state index contributed by atoms with van der Waals surface area (Å²) in [4.78, 5) is 13.9. The summed E-state index contributed by atoms with van der Waals surface area (Å²) in [5.74, 6) is 0.269. The molecule has 1 aromatic rings. The standard InChI is InChI=1S/C15H17BrN2O3S/c1-3-5-18-14(20)11(17-15(18)22)6-9-7-13(21-4-2)12(19)8-10(9)16/h6-8,19H,3-5H2,1-2H3,(H,17,22). The molecule has 1 amide bonds. The number of rotatable bonds is 5. The number of nitrogens with one attached hydrogen (secondary N) is 1. The van der Waals surface area contributed by atoms with E-state index < -0.39 is 0 Å². The number of aromatic hydroxyl groups is 1. The fourth-order valence-corrected chi connectivity index (χ4v) is 2.82. The summed E-state index contributed by atoms with van der Waals surface area (Å²) in [5, 5.41) is 13.2. The van der Waals surface area contributed by atoms with Gasteiger partial charge in [0.25, 0.3) is 5.91 Å². The maximum atomic E-state index is 12.3. The van der Waals surface area contributed by atoms with Crippen LogP contribution in [0.3, 0.4) is 0 Å². The molecular formula is C15H17BrN2O3S. The zero-order valence-electron chi connectivity index (χ0n) is 12.4. The third kappa shape index (κ3) is 3.41. The van der Waals surface area contributed by atoms with Crippen molar-refractivity contribution in [2.24, 2.45) is 0 Å². The minimum absolute atomic E-state index is 0.0460. The second kappa shape index (κ2) is 7.11. The molecule has 7 heteroatoms. The van der Waals surface area contributed by atoms with Crippen molar-refractivity contribution in [3.05, 3.63) is 27.9 Å². The highest BCUT2D eigenvalue weighted by molar-refractivity contribution is 9.10. The number of hydrogen-bond donors (Lipinski definition) is 2. The molecule has 0 aromatic heterocycles. The van der Waals surface area contributed by atoms with Crippen LogP contribution in [-0.4, -0.2) is 34.2 Å². The Bertz CT molecular complexity index is 646. The predicted octanol–water partition coefficient (Wildman–Crippen LogP) is 3.02. The Morgan fingerprint density at radius 2 is 2.18 bits per heavy atom. The van der Waals surface area contributed by atoms with Crippen LogP contribution < -0.4 is 10.1 Å². The second-order valence-electron chi connectivity index (χ2n) is 4.72. The van der Waals surface area contributed by atoms with Crippen LogP contribution in [0.2, 0.25) is 0 Å². The summed E-state index contributed by atoms with van der Waals surface area (Å²) in [6.45, 7) is 4.85. The lowest BCUT2D eigenvalue weighted by Crippen LogP contribution is -2.31. The summed E-state index contributed by atoms with van der Waals surface area (Å²) in [7, 11) is 0. The van der Waals surface area contributed by atoms with Gasteiger partial charge in [-0.2, -0.15) is 0 Å². The van der Waals surface area contributed by atoms with Gasteiger partial charge < -0.3 is 15.2 Å². The summed E-state index contributed by atoms with van der Waals surface area (Å²) < 4.78 is 6.03. The molecule has 0 radical (unpaired) electrons. The second-order valence-corrected chi connectivity index (χ2v) is 5.96. The molecular weight excluding hydrogens is 368 g/mol. The molecule has 0 aliphatic carbocycles. The van der Waals surface area contributed by atoms with E-state index in [9.17, 15) is 9.90 Å². The normalized spacial score (nSPS) is 16.3. The Kier molecular flexibility index (Phi) is 5.42. The molecule has 1 aliphatic heterocycles. The zero-order chi connectivity index (χ0) is 16.3. The lowest BCUT2D eigenvalue weighted by atomic mass is 10.1. The maximum absolute atomic E-state index is 12.3. The summed E-state index contributed by atoms with van der Waals surface area (Å²) in [6.07, 6.45) is 2.52. The Hall–Kier alpha value is -1.60. The van der Waals surface area contributed by atoms with E-state index in [0.29, 0.717) is 34.2 Å². The number of carbonyl (C=O) groups is 1. The van der Waals surface area contributed by atoms with Crippen molar-refractivity contribution in [1.29, 1.82) is 0 Å². The summed E-state index contributed by atoms with van der Waals surface area (Å²) in [6, 6.07) is 3.22. The van der Waals surface area contributed by atoms with E-state index >= 15 is 0 Å². The molecule has 2 rings (SSSR count). The molecule has 118 valence electrons. The number of carbonyl (C=O) groups excluding carboxylic acids is 1. The number of thiocarbonyl (C=S) groups is 1. The molecule has 0 unspecified atom stereocenters. The van der Waals surface area contributed by atoms with Gasteiger partial charge in [-0.3, -0.25) is 9.69 Å². The first-order valence-electron chi connectivity index (χ1n) is 6.97.